The van der Waals surface area contributed by atoms with Crippen LogP contribution >= 0.6 is 0 Å². The maximum absolute atomic E-state index is 12.5. The second kappa shape index (κ2) is 4.78. The summed E-state index contributed by atoms with van der Waals surface area (Å²) in [5.74, 6) is 0. The predicted molar refractivity (Wildman–Crippen MR) is 31.0 cm³/mol. The van der Waals surface area contributed by atoms with E-state index < -0.39 is 36.0 Å². The molecule has 0 aromatic rings. The lowest BCUT2D eigenvalue weighted by Crippen LogP contribution is -2.65. The molecule has 2 nitrogen and oxygen atoms in total. The molecule has 0 bridgehead atoms. The topological polar surface area (TPSA) is 12.5 Å². The van der Waals surface area contributed by atoms with Crippen LogP contribution in [0.5, 0.6) is 0 Å². The van der Waals surface area contributed by atoms with Gasteiger partial charge in [-0.3, -0.25) is 0 Å². The van der Waals surface area contributed by atoms with Gasteiger partial charge < -0.3 is 0 Å². The first-order chi connectivity index (χ1) is 8.32. The van der Waals surface area contributed by atoms with Crippen molar-refractivity contribution in [3.8, 4) is 0 Å². The van der Waals surface area contributed by atoms with Gasteiger partial charge in [0.15, 0.2) is 0 Å². The summed E-state index contributed by atoms with van der Waals surface area (Å²) in [6.45, 7) is 0. The summed E-state index contributed by atoms with van der Waals surface area (Å²) >= 11 is 0. The number of hydrogen-bond acceptors (Lipinski definition) is 2. The van der Waals surface area contributed by atoms with Crippen molar-refractivity contribution in [3.05, 3.63) is 0 Å². The van der Waals surface area contributed by atoms with Gasteiger partial charge in [0.05, 0.1) is 0 Å². The number of hydrogen-bond donors (Lipinski definition) is 0. The average Bonchev–Trinajstić information content (AvgIpc) is 1.89. The Morgan fingerprint density at radius 3 is 1.05 bits per heavy atom. The first-order valence-electron chi connectivity index (χ1n) is 3.79. The van der Waals surface area contributed by atoms with Crippen molar-refractivity contribution in [1.82, 2.24) is 4.90 Å². The van der Waals surface area contributed by atoms with Gasteiger partial charge in [0.25, 0.3) is 0 Å². The molecular weight excluding hydrogens is 337 g/mol. The highest BCUT2D eigenvalue weighted by Crippen LogP contribution is 2.50. The van der Waals surface area contributed by atoms with E-state index in [-0.39, 0.29) is 0 Å². The van der Waals surface area contributed by atoms with Crippen LogP contribution in [0.25, 0.3) is 0 Å². The van der Waals surface area contributed by atoms with Gasteiger partial charge in [-0.15, -0.1) is 13.2 Å². The Labute approximate surface area is 99.2 Å². The fourth-order valence-electron chi connectivity index (χ4n) is 0.799. The highest BCUT2D eigenvalue weighted by molar-refractivity contribution is 4.82. The number of halogens is 13. The van der Waals surface area contributed by atoms with E-state index in [9.17, 15) is 57.1 Å². The van der Waals surface area contributed by atoms with Gasteiger partial charge in [0, 0.05) is 0 Å². The molecule has 0 rings (SSSR count). The Balaban J connectivity index is 5.77. The lowest BCUT2D eigenvalue weighted by atomic mass is 10.4. The van der Waals surface area contributed by atoms with E-state index in [4.69, 9.17) is 0 Å². The molecule has 0 heterocycles. The summed E-state index contributed by atoms with van der Waals surface area (Å²) in [5, 5.41) is 0. The van der Waals surface area contributed by atoms with Crippen LogP contribution < -0.4 is 0 Å². The summed E-state index contributed by atoms with van der Waals surface area (Å²) in [4.78, 5) is -4.00. The number of nitrogens with zero attached hydrogens (tertiary/aromatic N) is 1. The van der Waals surface area contributed by atoms with E-state index in [1.54, 1.807) is 0 Å². The lowest BCUT2D eigenvalue weighted by molar-refractivity contribution is -0.534. The Hall–Kier alpha value is -0.990. The molecule has 0 saturated carbocycles. The fraction of sp³-hybridized carbons (Fsp3) is 1.00. The minimum Gasteiger partial charge on any atom is -0.220 e. The normalized spacial score (nSPS) is 15.9. The quantitative estimate of drug-likeness (QED) is 0.569. The van der Waals surface area contributed by atoms with Gasteiger partial charge in [0.2, 0.25) is 0 Å². The third-order valence-corrected chi connectivity index (χ3v) is 1.38. The van der Waals surface area contributed by atoms with Crippen LogP contribution in [0.15, 0.2) is 0 Å². The van der Waals surface area contributed by atoms with Crippen molar-refractivity contribution in [2.45, 2.75) is 31.1 Å². The molecule has 122 valence electrons. The van der Waals surface area contributed by atoms with Crippen LogP contribution in [0.1, 0.15) is 0 Å². The molecule has 0 spiro atoms. The smallest absolute Gasteiger partial charge is 0.220 e. The van der Waals surface area contributed by atoms with Gasteiger partial charge in [-0.1, -0.05) is 4.90 Å². The first kappa shape index (κ1) is 19.0. The molecule has 0 unspecified atom stereocenters. The number of ether oxygens (including phenoxy) is 1. The molecule has 0 atom stereocenters. The van der Waals surface area contributed by atoms with Crippen molar-refractivity contribution in [2.24, 2.45) is 0 Å². The Kier molecular flexibility index (Phi) is 4.55. The molecule has 0 aromatic carbocycles. The van der Waals surface area contributed by atoms with Crippen molar-refractivity contribution >= 4 is 0 Å². The standard InChI is InChI=1S/C5F13NO/c6-1(7,2(8,9)20-5(16,17)18)19(3(10,11)12)4(13,14)15. The van der Waals surface area contributed by atoms with E-state index in [0.717, 1.165) is 0 Å². The molecule has 0 radical (unpaired) electrons. The van der Waals surface area contributed by atoms with Crippen LogP contribution in [0.3, 0.4) is 0 Å². The maximum atomic E-state index is 12.5. The zero-order valence-corrected chi connectivity index (χ0v) is 8.27. The van der Waals surface area contributed by atoms with Gasteiger partial charge in [-0.25, -0.2) is 4.74 Å². The molecule has 0 N–H and O–H groups in total. The van der Waals surface area contributed by atoms with Crippen molar-refractivity contribution in [1.29, 1.82) is 0 Å². The van der Waals surface area contributed by atoms with Gasteiger partial charge >= 0.3 is 31.1 Å². The minimum absolute atomic E-state index is 1.34. The van der Waals surface area contributed by atoms with Gasteiger partial charge in [0.1, 0.15) is 0 Å². The van der Waals surface area contributed by atoms with Crippen LogP contribution in [0, 0.1) is 0 Å². The summed E-state index contributed by atoms with van der Waals surface area (Å²) in [7, 11) is 0. The summed E-state index contributed by atoms with van der Waals surface area (Å²) < 4.78 is 155. The van der Waals surface area contributed by atoms with Crippen LogP contribution in [-0.2, 0) is 4.74 Å². The van der Waals surface area contributed by atoms with Crippen LogP contribution in [0.2, 0.25) is 0 Å². The summed E-state index contributed by atoms with van der Waals surface area (Å²) in [6.07, 6.45) is -28.1. The summed E-state index contributed by atoms with van der Waals surface area (Å²) in [6, 6.07) is -7.40. The second-order valence-electron chi connectivity index (χ2n) is 2.88. The Morgan fingerprint density at radius 2 is 0.850 bits per heavy atom. The van der Waals surface area contributed by atoms with Gasteiger partial charge in [-0.2, -0.15) is 43.9 Å². The van der Waals surface area contributed by atoms with Crippen LogP contribution in [-0.4, -0.2) is 36.0 Å². The molecule has 0 saturated heterocycles. The van der Waals surface area contributed by atoms with E-state index in [2.05, 4.69) is 0 Å². The van der Waals surface area contributed by atoms with Crippen molar-refractivity contribution in [3.63, 3.8) is 0 Å². The highest BCUT2D eigenvalue weighted by atomic mass is 19.4. The molecule has 0 aliphatic rings. The summed E-state index contributed by atoms with van der Waals surface area (Å²) in [5.41, 5.74) is 0. The number of alkyl halides is 13. The van der Waals surface area contributed by atoms with E-state index in [1.165, 1.54) is 4.74 Å². The van der Waals surface area contributed by atoms with E-state index >= 15 is 0 Å². The molecule has 0 fully saturated rings. The Morgan fingerprint density at radius 1 is 0.550 bits per heavy atom. The van der Waals surface area contributed by atoms with Crippen molar-refractivity contribution in [2.75, 3.05) is 0 Å². The van der Waals surface area contributed by atoms with Gasteiger partial charge in [-0.05, 0) is 0 Å². The molecule has 0 aliphatic heterocycles. The molecule has 20 heavy (non-hydrogen) atoms. The minimum atomic E-state index is -7.40. The zero-order chi connectivity index (χ0) is 16.8. The molecule has 0 aromatic heterocycles. The highest BCUT2D eigenvalue weighted by Gasteiger charge is 2.77. The second-order valence-corrected chi connectivity index (χ2v) is 2.88. The lowest BCUT2D eigenvalue weighted by Gasteiger charge is -2.36. The SMILES string of the molecule is FC(F)(F)OC(F)(F)C(F)(F)N(C(F)(F)F)C(F)(F)F. The largest absolute Gasteiger partial charge is 0.527 e. The fourth-order valence-corrected chi connectivity index (χ4v) is 0.799. The molecular formula is C5F13NO. The van der Waals surface area contributed by atoms with E-state index in [0.29, 0.717) is 0 Å². The third kappa shape index (κ3) is 4.26. The predicted octanol–water partition coefficient (Wildman–Crippen LogP) is 4.05. The Bertz CT molecular complexity index is 322. The first-order valence-corrected chi connectivity index (χ1v) is 3.79. The number of rotatable bonds is 3. The molecule has 0 aliphatic carbocycles. The zero-order valence-electron chi connectivity index (χ0n) is 8.27. The molecule has 0 amide bonds. The monoisotopic (exact) mass is 337 g/mol. The van der Waals surface area contributed by atoms with Crippen LogP contribution in [0.4, 0.5) is 57.1 Å². The average molecular weight is 337 g/mol. The molecule has 15 heteroatoms. The maximum Gasteiger partial charge on any atom is 0.527 e. The van der Waals surface area contributed by atoms with E-state index in [1.807, 2.05) is 0 Å². The van der Waals surface area contributed by atoms with Crippen molar-refractivity contribution < 1.29 is 61.8 Å². The third-order valence-electron chi connectivity index (χ3n) is 1.38.